The van der Waals surface area contributed by atoms with Crippen LogP contribution in [0.15, 0.2) is 15.8 Å². The van der Waals surface area contributed by atoms with Gasteiger partial charge in [-0.1, -0.05) is 0 Å². The third-order valence-corrected chi connectivity index (χ3v) is 3.68. The molecule has 2 heterocycles. The molecule has 0 saturated heterocycles. The Morgan fingerprint density at radius 2 is 1.73 bits per heavy atom. The monoisotopic (exact) mass is 308 g/mol. The first-order chi connectivity index (χ1) is 10.4. The van der Waals surface area contributed by atoms with Crippen LogP contribution in [0, 0.1) is 6.92 Å². The van der Waals surface area contributed by atoms with Gasteiger partial charge >= 0.3 is 5.69 Å². The Balaban J connectivity index is 2.92. The maximum Gasteiger partial charge on any atom is 0.332 e. The number of fused-ring (bicyclic) bond motifs is 1. The van der Waals surface area contributed by atoms with Crippen molar-refractivity contribution in [3.8, 4) is 0 Å². The Morgan fingerprint density at radius 1 is 1.14 bits per heavy atom. The minimum atomic E-state index is -0.448. The van der Waals surface area contributed by atoms with Crippen molar-refractivity contribution in [3.63, 3.8) is 0 Å². The fourth-order valence-electron chi connectivity index (χ4n) is 2.59. The summed E-state index contributed by atoms with van der Waals surface area (Å²) >= 11 is 0. The molecule has 120 valence electrons. The predicted molar refractivity (Wildman–Crippen MR) is 83.3 cm³/mol. The Morgan fingerprint density at radius 3 is 2.27 bits per heavy atom. The normalized spacial score (nSPS) is 11.1. The van der Waals surface area contributed by atoms with E-state index in [0.29, 0.717) is 11.1 Å². The lowest BCUT2D eigenvalue weighted by atomic mass is 10.1. The molecule has 0 bridgehead atoms. The molecule has 8 heteroatoms. The zero-order valence-corrected chi connectivity index (χ0v) is 12.9. The minimum absolute atomic E-state index is 0.116. The predicted octanol–water partition coefficient (Wildman–Crippen LogP) is -1.27. The summed E-state index contributed by atoms with van der Waals surface area (Å²) in [6.07, 6.45) is 1.58. The van der Waals surface area contributed by atoms with E-state index >= 15 is 0 Å². The van der Waals surface area contributed by atoms with Crippen LogP contribution in [0.4, 0.5) is 5.69 Å². The molecular formula is C14H20N4O4. The highest BCUT2D eigenvalue weighted by Gasteiger charge is 2.19. The first-order valence-corrected chi connectivity index (χ1v) is 6.96. The van der Waals surface area contributed by atoms with E-state index in [-0.39, 0.29) is 32.0 Å². The van der Waals surface area contributed by atoms with E-state index < -0.39 is 11.2 Å². The van der Waals surface area contributed by atoms with Gasteiger partial charge in [0.15, 0.2) is 5.65 Å². The Bertz CT molecular complexity index is 803. The number of aromatic nitrogens is 3. The number of pyridine rings is 1. The Hall–Kier alpha value is -2.19. The molecule has 0 fully saturated rings. The van der Waals surface area contributed by atoms with Crippen molar-refractivity contribution in [2.45, 2.75) is 6.92 Å². The first-order valence-electron chi connectivity index (χ1n) is 6.96. The average molecular weight is 308 g/mol. The van der Waals surface area contributed by atoms with Gasteiger partial charge in [0.1, 0.15) is 5.39 Å². The summed E-state index contributed by atoms with van der Waals surface area (Å²) < 4.78 is 2.35. The smallest absolute Gasteiger partial charge is 0.332 e. The zero-order valence-electron chi connectivity index (χ0n) is 12.9. The van der Waals surface area contributed by atoms with Crippen LogP contribution in [0.1, 0.15) is 5.56 Å². The summed E-state index contributed by atoms with van der Waals surface area (Å²) in [5, 5.41) is 18.8. The van der Waals surface area contributed by atoms with Crippen LogP contribution in [0.3, 0.4) is 0 Å². The van der Waals surface area contributed by atoms with Gasteiger partial charge in [-0.05, 0) is 12.5 Å². The topological polar surface area (TPSA) is 101 Å². The van der Waals surface area contributed by atoms with E-state index in [2.05, 4.69) is 4.98 Å². The molecule has 0 unspecified atom stereocenters. The van der Waals surface area contributed by atoms with Gasteiger partial charge in [0, 0.05) is 33.4 Å². The van der Waals surface area contributed by atoms with Crippen molar-refractivity contribution < 1.29 is 10.2 Å². The lowest BCUT2D eigenvalue weighted by molar-refractivity contribution is 0.281. The SMILES string of the molecule is Cc1cnc2c(c1N(CCO)CCO)c(=O)n(C)c(=O)n2C. The summed E-state index contributed by atoms with van der Waals surface area (Å²) in [4.78, 5) is 30.5. The number of aliphatic hydroxyl groups is 2. The van der Waals surface area contributed by atoms with Crippen LogP contribution >= 0.6 is 0 Å². The van der Waals surface area contributed by atoms with Crippen LogP contribution in [0.5, 0.6) is 0 Å². The molecule has 0 amide bonds. The number of aryl methyl sites for hydroxylation is 2. The van der Waals surface area contributed by atoms with Crippen molar-refractivity contribution in [1.29, 1.82) is 0 Å². The maximum absolute atomic E-state index is 12.5. The summed E-state index contributed by atoms with van der Waals surface area (Å²) in [5.41, 5.74) is 0.727. The van der Waals surface area contributed by atoms with Gasteiger partial charge < -0.3 is 15.1 Å². The molecule has 2 N–H and O–H groups in total. The standard InChI is InChI=1S/C14H20N4O4/c1-9-8-15-12-10(11(9)18(4-6-19)5-7-20)13(21)17(3)14(22)16(12)2/h8,19-20H,4-7H2,1-3H3. The number of hydrogen-bond donors (Lipinski definition) is 2. The van der Waals surface area contributed by atoms with Gasteiger partial charge in [0.05, 0.1) is 18.9 Å². The molecule has 2 aromatic heterocycles. The fraction of sp³-hybridized carbons (Fsp3) is 0.500. The van der Waals surface area contributed by atoms with Gasteiger partial charge in [-0.2, -0.15) is 0 Å². The van der Waals surface area contributed by atoms with E-state index in [1.165, 1.54) is 11.6 Å². The largest absolute Gasteiger partial charge is 0.395 e. The van der Waals surface area contributed by atoms with E-state index in [4.69, 9.17) is 0 Å². The van der Waals surface area contributed by atoms with Crippen LogP contribution in [-0.4, -0.2) is 50.6 Å². The van der Waals surface area contributed by atoms with Gasteiger partial charge in [-0.25, -0.2) is 9.78 Å². The van der Waals surface area contributed by atoms with Crippen LogP contribution < -0.4 is 16.1 Å². The van der Waals surface area contributed by atoms with Gasteiger partial charge in [-0.3, -0.25) is 13.9 Å². The van der Waals surface area contributed by atoms with Crippen LogP contribution in [0.25, 0.3) is 11.0 Å². The molecule has 0 aliphatic heterocycles. The highest BCUT2D eigenvalue weighted by molar-refractivity contribution is 5.90. The summed E-state index contributed by atoms with van der Waals surface area (Å²) in [6, 6.07) is 0. The van der Waals surface area contributed by atoms with Crippen LogP contribution in [0.2, 0.25) is 0 Å². The molecule has 0 spiro atoms. The molecule has 0 aliphatic rings. The number of aliphatic hydroxyl groups excluding tert-OH is 2. The molecule has 2 rings (SSSR count). The maximum atomic E-state index is 12.5. The zero-order chi connectivity index (χ0) is 16.4. The van der Waals surface area contributed by atoms with E-state index in [1.54, 1.807) is 25.1 Å². The molecule has 0 atom stereocenters. The summed E-state index contributed by atoms with van der Waals surface area (Å²) in [7, 11) is 2.97. The Labute approximate surface area is 126 Å². The molecule has 0 aliphatic carbocycles. The van der Waals surface area contributed by atoms with Gasteiger partial charge in [0.25, 0.3) is 5.56 Å². The van der Waals surface area contributed by atoms with E-state index in [0.717, 1.165) is 10.1 Å². The number of rotatable bonds is 5. The lowest BCUT2D eigenvalue weighted by Crippen LogP contribution is -2.39. The third-order valence-electron chi connectivity index (χ3n) is 3.68. The van der Waals surface area contributed by atoms with Crippen molar-refractivity contribution in [1.82, 2.24) is 14.1 Å². The second-order valence-electron chi connectivity index (χ2n) is 5.13. The average Bonchev–Trinajstić information content (AvgIpc) is 2.50. The van der Waals surface area contributed by atoms with Crippen molar-refractivity contribution >= 4 is 16.7 Å². The first kappa shape index (κ1) is 16.2. The molecule has 2 aromatic rings. The highest BCUT2D eigenvalue weighted by Crippen LogP contribution is 2.25. The van der Waals surface area contributed by atoms with Gasteiger partial charge in [0.2, 0.25) is 0 Å². The van der Waals surface area contributed by atoms with Crippen LogP contribution in [-0.2, 0) is 14.1 Å². The molecular weight excluding hydrogens is 288 g/mol. The quantitative estimate of drug-likeness (QED) is 0.714. The number of nitrogens with zero attached hydrogens (tertiary/aromatic N) is 4. The summed E-state index contributed by atoms with van der Waals surface area (Å²) in [5.74, 6) is 0. The molecule has 0 saturated carbocycles. The molecule has 22 heavy (non-hydrogen) atoms. The Kier molecular flexibility index (Phi) is 4.62. The highest BCUT2D eigenvalue weighted by atomic mass is 16.3. The summed E-state index contributed by atoms with van der Waals surface area (Å²) in [6.45, 7) is 2.11. The number of anilines is 1. The number of hydrogen-bond acceptors (Lipinski definition) is 6. The fourth-order valence-corrected chi connectivity index (χ4v) is 2.59. The van der Waals surface area contributed by atoms with E-state index in [9.17, 15) is 19.8 Å². The second kappa shape index (κ2) is 6.29. The third kappa shape index (κ3) is 2.51. The lowest BCUT2D eigenvalue weighted by Gasteiger charge is -2.26. The van der Waals surface area contributed by atoms with Crippen molar-refractivity contribution in [2.24, 2.45) is 14.1 Å². The second-order valence-corrected chi connectivity index (χ2v) is 5.13. The van der Waals surface area contributed by atoms with Crippen molar-refractivity contribution in [2.75, 3.05) is 31.2 Å². The van der Waals surface area contributed by atoms with E-state index in [1.807, 2.05) is 0 Å². The molecule has 8 nitrogen and oxygen atoms in total. The van der Waals surface area contributed by atoms with Crippen molar-refractivity contribution in [3.05, 3.63) is 32.6 Å². The molecule has 0 radical (unpaired) electrons. The minimum Gasteiger partial charge on any atom is -0.395 e. The molecule has 0 aromatic carbocycles. The van der Waals surface area contributed by atoms with Gasteiger partial charge in [-0.15, -0.1) is 0 Å².